The minimum absolute atomic E-state index is 0.0249. The van der Waals surface area contributed by atoms with Gasteiger partial charge in [0.05, 0.1) is 18.3 Å². The lowest BCUT2D eigenvalue weighted by Crippen LogP contribution is -2.22. The lowest BCUT2D eigenvalue weighted by Gasteiger charge is -2.13. The van der Waals surface area contributed by atoms with Gasteiger partial charge in [0, 0.05) is 25.8 Å². The van der Waals surface area contributed by atoms with E-state index in [1.165, 1.54) is 6.07 Å². The summed E-state index contributed by atoms with van der Waals surface area (Å²) in [4.78, 5) is 4.60. The average Bonchev–Trinajstić information content (AvgIpc) is 2.67. The van der Waals surface area contributed by atoms with Crippen LogP contribution in [0.25, 0.3) is 0 Å². The number of fused-ring (bicyclic) bond motifs is 1. The maximum absolute atomic E-state index is 14.1. The lowest BCUT2D eigenvalue weighted by atomic mass is 10.0. The van der Waals surface area contributed by atoms with Crippen LogP contribution in [0.1, 0.15) is 11.1 Å². The van der Waals surface area contributed by atoms with Gasteiger partial charge >= 0.3 is 0 Å². The van der Waals surface area contributed by atoms with Crippen molar-refractivity contribution in [3.8, 4) is 0 Å². The van der Waals surface area contributed by atoms with Crippen LogP contribution in [-0.2, 0) is 0 Å². The molecule has 0 amide bonds. The normalized spacial score (nSPS) is 17.2. The van der Waals surface area contributed by atoms with Crippen LogP contribution >= 0.6 is 34.8 Å². The fraction of sp³-hybridized carbons (Fsp3) is 0.125. The van der Waals surface area contributed by atoms with Crippen molar-refractivity contribution in [3.63, 3.8) is 0 Å². The Morgan fingerprint density at radius 2 is 2.05 bits per heavy atom. The summed E-state index contributed by atoms with van der Waals surface area (Å²) in [5.74, 6) is -0.262. The third kappa shape index (κ3) is 2.98. The Bertz CT molecular complexity index is 730. The van der Waals surface area contributed by atoms with Gasteiger partial charge in [-0.3, -0.25) is 4.99 Å². The number of thiocarbonyl (C=S) groups is 1. The minimum Gasteiger partial charge on any atom is -0.376 e. The van der Waals surface area contributed by atoms with Gasteiger partial charge < -0.3 is 5.32 Å². The van der Waals surface area contributed by atoms with Gasteiger partial charge in [0.1, 0.15) is 5.82 Å². The lowest BCUT2D eigenvalue weighted by molar-refractivity contribution is 0.625. The van der Waals surface area contributed by atoms with Crippen molar-refractivity contribution in [3.05, 3.63) is 63.0 Å². The average molecular weight is 410 g/mol. The number of hydrogen-bond acceptors (Lipinski definition) is 3. The molecule has 1 aliphatic heterocycles. The van der Waals surface area contributed by atoms with Gasteiger partial charge in [-0.1, -0.05) is 24.4 Å². The maximum Gasteiger partial charge on any atom is 0.132 e. The van der Waals surface area contributed by atoms with E-state index in [1.54, 1.807) is 17.5 Å². The Morgan fingerprint density at radius 1 is 1.24 bits per heavy atom. The first-order valence-electron chi connectivity index (χ1n) is 6.50. The van der Waals surface area contributed by atoms with Gasteiger partial charge in [0.15, 0.2) is 0 Å². The summed E-state index contributed by atoms with van der Waals surface area (Å²) in [5, 5.41) is 5.02. The molecule has 1 N–H and O–H groups in total. The molecule has 2 nitrogen and oxygen atoms in total. The number of rotatable bonds is 2. The fourth-order valence-corrected chi connectivity index (χ4v) is 2.96. The summed E-state index contributed by atoms with van der Waals surface area (Å²) in [7, 11) is 0. The molecule has 0 aliphatic carbocycles. The van der Waals surface area contributed by atoms with Crippen molar-refractivity contribution in [1.29, 1.82) is 0 Å². The SMILES string of the molecule is Fc1ccccc1C1=NCC(C=S)Nc2ccc(I)cc21. The molecule has 2 aromatic carbocycles. The zero-order chi connectivity index (χ0) is 14.8. The first-order valence-corrected chi connectivity index (χ1v) is 8.05. The number of nitrogens with zero attached hydrogens (tertiary/aromatic N) is 1. The highest BCUT2D eigenvalue weighted by Gasteiger charge is 2.20. The molecular formula is C16H12FIN2S. The van der Waals surface area contributed by atoms with Gasteiger partial charge in [-0.2, -0.15) is 0 Å². The molecule has 3 rings (SSSR count). The summed E-state index contributed by atoms with van der Waals surface area (Å²) in [6, 6.07) is 12.7. The number of halogens is 2. The highest BCUT2D eigenvalue weighted by molar-refractivity contribution is 14.1. The zero-order valence-corrected chi connectivity index (χ0v) is 14.0. The van der Waals surface area contributed by atoms with Crippen LogP contribution in [0.3, 0.4) is 0 Å². The summed E-state index contributed by atoms with van der Waals surface area (Å²) in [6.07, 6.45) is 0. The molecule has 0 radical (unpaired) electrons. The molecule has 0 fully saturated rings. The maximum atomic E-state index is 14.1. The molecule has 0 saturated carbocycles. The number of benzene rings is 2. The quantitative estimate of drug-likeness (QED) is 0.597. The highest BCUT2D eigenvalue weighted by atomic mass is 127. The molecule has 1 unspecified atom stereocenters. The molecule has 0 spiro atoms. The molecular weight excluding hydrogens is 398 g/mol. The minimum atomic E-state index is -0.262. The molecule has 5 heteroatoms. The molecule has 0 saturated heterocycles. The predicted molar refractivity (Wildman–Crippen MR) is 97.1 cm³/mol. The number of anilines is 1. The summed E-state index contributed by atoms with van der Waals surface area (Å²) in [6.45, 7) is 0.498. The van der Waals surface area contributed by atoms with E-state index < -0.39 is 0 Å². The van der Waals surface area contributed by atoms with Crippen molar-refractivity contribution in [2.45, 2.75) is 6.04 Å². The second-order valence-electron chi connectivity index (χ2n) is 4.75. The highest BCUT2D eigenvalue weighted by Crippen LogP contribution is 2.26. The standard InChI is InChI=1S/C16H12FIN2S/c17-14-4-2-1-3-12(14)16-13-7-10(18)5-6-15(13)20-11(9-21)8-19-16/h1-7,9,11,20H,8H2. The van der Waals surface area contributed by atoms with E-state index in [2.05, 4.69) is 32.9 Å². The summed E-state index contributed by atoms with van der Waals surface area (Å²) >= 11 is 7.28. The molecule has 0 bridgehead atoms. The smallest absolute Gasteiger partial charge is 0.132 e. The Morgan fingerprint density at radius 3 is 2.81 bits per heavy atom. The van der Waals surface area contributed by atoms with E-state index in [-0.39, 0.29) is 11.9 Å². The van der Waals surface area contributed by atoms with Crippen LogP contribution in [0.4, 0.5) is 10.1 Å². The van der Waals surface area contributed by atoms with Gasteiger partial charge in [0.25, 0.3) is 0 Å². The first kappa shape index (κ1) is 14.6. The van der Waals surface area contributed by atoms with Gasteiger partial charge in [-0.15, -0.1) is 0 Å². The van der Waals surface area contributed by atoms with Crippen molar-refractivity contribution in [1.82, 2.24) is 0 Å². The van der Waals surface area contributed by atoms with Crippen molar-refractivity contribution < 1.29 is 4.39 Å². The first-order chi connectivity index (χ1) is 10.2. The Balaban J connectivity index is 2.20. The Labute approximate surface area is 141 Å². The topological polar surface area (TPSA) is 24.4 Å². The number of aliphatic imine (C=N–C) groups is 1. The van der Waals surface area contributed by atoms with Crippen LogP contribution in [0.2, 0.25) is 0 Å². The molecule has 106 valence electrons. The van der Waals surface area contributed by atoms with Crippen LogP contribution in [0.15, 0.2) is 47.5 Å². The molecule has 2 aromatic rings. The Kier molecular flexibility index (Phi) is 4.30. The zero-order valence-electron chi connectivity index (χ0n) is 11.0. The van der Waals surface area contributed by atoms with Crippen LogP contribution in [0.5, 0.6) is 0 Å². The summed E-state index contributed by atoms with van der Waals surface area (Å²) in [5.41, 5.74) is 3.04. The van der Waals surface area contributed by atoms with E-state index in [4.69, 9.17) is 12.2 Å². The van der Waals surface area contributed by atoms with Crippen LogP contribution in [0, 0.1) is 9.39 Å². The monoisotopic (exact) mass is 410 g/mol. The molecule has 1 aliphatic rings. The summed E-state index contributed by atoms with van der Waals surface area (Å²) < 4.78 is 15.2. The van der Waals surface area contributed by atoms with Crippen LogP contribution in [-0.4, -0.2) is 23.7 Å². The van der Waals surface area contributed by atoms with E-state index in [9.17, 15) is 4.39 Å². The van der Waals surface area contributed by atoms with E-state index in [0.717, 1.165) is 14.8 Å². The second-order valence-corrected chi connectivity index (χ2v) is 6.26. The van der Waals surface area contributed by atoms with E-state index in [0.29, 0.717) is 17.8 Å². The van der Waals surface area contributed by atoms with Crippen LogP contribution < -0.4 is 5.32 Å². The predicted octanol–water partition coefficient (Wildman–Crippen LogP) is 4.06. The Hall–Kier alpha value is -1.34. The number of nitrogens with one attached hydrogen (secondary N) is 1. The van der Waals surface area contributed by atoms with Crippen molar-refractivity contribution in [2.75, 3.05) is 11.9 Å². The molecule has 0 aromatic heterocycles. The number of hydrogen-bond donors (Lipinski definition) is 1. The van der Waals surface area contributed by atoms with Gasteiger partial charge in [-0.05, 0) is 52.9 Å². The van der Waals surface area contributed by atoms with E-state index >= 15 is 0 Å². The van der Waals surface area contributed by atoms with E-state index in [1.807, 2.05) is 24.3 Å². The third-order valence-corrected chi connectivity index (χ3v) is 4.32. The van der Waals surface area contributed by atoms with Gasteiger partial charge in [0.2, 0.25) is 0 Å². The molecule has 1 heterocycles. The van der Waals surface area contributed by atoms with Crippen molar-refractivity contribution in [2.24, 2.45) is 4.99 Å². The second kappa shape index (κ2) is 6.19. The molecule has 1 atom stereocenters. The fourth-order valence-electron chi connectivity index (χ4n) is 2.32. The van der Waals surface area contributed by atoms with Gasteiger partial charge in [-0.25, -0.2) is 4.39 Å². The molecule has 21 heavy (non-hydrogen) atoms. The number of benzodiazepines with no additional fused rings is 1. The van der Waals surface area contributed by atoms with Crippen molar-refractivity contribution >= 4 is 51.6 Å². The third-order valence-electron chi connectivity index (χ3n) is 3.32. The largest absolute Gasteiger partial charge is 0.376 e.